The van der Waals surface area contributed by atoms with E-state index >= 15 is 0 Å². The van der Waals surface area contributed by atoms with E-state index in [1.165, 1.54) is 0 Å². The van der Waals surface area contributed by atoms with E-state index in [0.29, 0.717) is 6.04 Å². The monoisotopic (exact) mass is 115 g/mol. The number of hydrogen-bond acceptors (Lipinski definition) is 2. The van der Waals surface area contributed by atoms with Crippen LogP contribution in [-0.4, -0.2) is 23.3 Å². The topological polar surface area (TPSA) is 32.3 Å². The Morgan fingerprint density at radius 1 is 1.62 bits per heavy atom. The molecule has 8 heavy (non-hydrogen) atoms. The molecule has 48 valence electrons. The largest absolute Gasteiger partial charge is 0.389 e. The molecule has 1 aliphatic rings. The van der Waals surface area contributed by atoms with Gasteiger partial charge in [0.25, 0.3) is 0 Å². The second-order valence-electron chi connectivity index (χ2n) is 2.95. The van der Waals surface area contributed by atoms with Gasteiger partial charge in [0.05, 0.1) is 5.60 Å². The lowest BCUT2D eigenvalue weighted by molar-refractivity contribution is 0.0127. The third kappa shape index (κ3) is 1.01. The van der Waals surface area contributed by atoms with Crippen LogP contribution < -0.4 is 5.32 Å². The van der Waals surface area contributed by atoms with Crippen LogP contribution in [0.5, 0.6) is 0 Å². The highest BCUT2D eigenvalue weighted by atomic mass is 16.3. The molecule has 1 fully saturated rings. The van der Waals surface area contributed by atoms with Gasteiger partial charge in [0, 0.05) is 6.04 Å². The molecule has 0 aliphatic carbocycles. The molecule has 1 aliphatic heterocycles. The van der Waals surface area contributed by atoms with Gasteiger partial charge in [-0.2, -0.15) is 0 Å². The molecule has 2 heteroatoms. The highest BCUT2D eigenvalue weighted by Gasteiger charge is 2.30. The van der Waals surface area contributed by atoms with E-state index in [4.69, 9.17) is 0 Å². The van der Waals surface area contributed by atoms with Crippen molar-refractivity contribution >= 4 is 0 Å². The summed E-state index contributed by atoms with van der Waals surface area (Å²) >= 11 is 0. The molecule has 0 unspecified atom stereocenters. The van der Waals surface area contributed by atoms with E-state index in [9.17, 15) is 5.11 Å². The van der Waals surface area contributed by atoms with Crippen LogP contribution in [0.4, 0.5) is 0 Å². The maximum absolute atomic E-state index is 9.27. The zero-order valence-electron chi connectivity index (χ0n) is 5.44. The predicted molar refractivity (Wildman–Crippen MR) is 32.7 cm³/mol. The number of rotatable bonds is 1. The van der Waals surface area contributed by atoms with Gasteiger partial charge < -0.3 is 10.4 Å². The van der Waals surface area contributed by atoms with Crippen LogP contribution in [0.25, 0.3) is 0 Å². The van der Waals surface area contributed by atoms with Gasteiger partial charge in [-0.15, -0.1) is 0 Å². The smallest absolute Gasteiger partial charge is 0.0744 e. The van der Waals surface area contributed by atoms with Crippen molar-refractivity contribution in [2.75, 3.05) is 6.54 Å². The van der Waals surface area contributed by atoms with E-state index in [2.05, 4.69) is 5.32 Å². The third-order valence-electron chi connectivity index (χ3n) is 1.68. The lowest BCUT2D eigenvalue weighted by atomic mass is 9.91. The Morgan fingerprint density at radius 3 is 2.12 bits per heavy atom. The second kappa shape index (κ2) is 1.71. The van der Waals surface area contributed by atoms with Crippen LogP contribution >= 0.6 is 0 Å². The molecule has 0 aromatic rings. The Balaban J connectivity index is 2.34. The molecule has 0 saturated carbocycles. The Bertz CT molecular complexity index is 81.0. The molecular weight excluding hydrogens is 102 g/mol. The summed E-state index contributed by atoms with van der Waals surface area (Å²) in [5.41, 5.74) is -0.516. The molecule has 1 atom stereocenters. The van der Waals surface area contributed by atoms with Gasteiger partial charge in [0.2, 0.25) is 0 Å². The summed E-state index contributed by atoms with van der Waals surface area (Å²) in [6, 6.07) is 0.336. The van der Waals surface area contributed by atoms with Gasteiger partial charge in [0.1, 0.15) is 0 Å². The van der Waals surface area contributed by atoms with Crippen molar-refractivity contribution in [1.29, 1.82) is 0 Å². The zero-order chi connectivity index (χ0) is 6.20. The maximum atomic E-state index is 9.27. The summed E-state index contributed by atoms with van der Waals surface area (Å²) < 4.78 is 0. The first-order valence-corrected chi connectivity index (χ1v) is 3.06. The Kier molecular flexibility index (Phi) is 1.29. The molecule has 2 nitrogen and oxygen atoms in total. The van der Waals surface area contributed by atoms with Crippen LogP contribution in [0, 0.1) is 0 Å². The minimum Gasteiger partial charge on any atom is -0.389 e. The average Bonchev–Trinajstić information content (AvgIpc) is 1.16. The summed E-state index contributed by atoms with van der Waals surface area (Å²) in [5.74, 6) is 0. The van der Waals surface area contributed by atoms with Gasteiger partial charge in [-0.1, -0.05) is 0 Å². The minimum absolute atomic E-state index is 0.336. The predicted octanol–water partition coefficient (Wildman–Crippen LogP) is 0.119. The Hall–Kier alpha value is -0.0800. The summed E-state index contributed by atoms with van der Waals surface area (Å²) in [6.07, 6.45) is 1.11. The van der Waals surface area contributed by atoms with E-state index in [1.807, 2.05) is 13.8 Å². The fourth-order valence-electron chi connectivity index (χ4n) is 0.892. The molecule has 0 amide bonds. The van der Waals surface area contributed by atoms with Crippen LogP contribution in [0.1, 0.15) is 20.3 Å². The zero-order valence-corrected chi connectivity index (χ0v) is 5.44. The SMILES string of the molecule is CC(C)(O)[C@H]1CCN1. The van der Waals surface area contributed by atoms with Crippen LogP contribution in [0.15, 0.2) is 0 Å². The quantitative estimate of drug-likeness (QED) is 0.508. The maximum Gasteiger partial charge on any atom is 0.0744 e. The molecule has 0 radical (unpaired) electrons. The number of nitrogens with one attached hydrogen (secondary N) is 1. The van der Waals surface area contributed by atoms with E-state index in [-0.39, 0.29) is 0 Å². The van der Waals surface area contributed by atoms with E-state index in [1.54, 1.807) is 0 Å². The minimum atomic E-state index is -0.516. The first kappa shape index (κ1) is 6.05. The number of aliphatic hydroxyl groups is 1. The van der Waals surface area contributed by atoms with Gasteiger partial charge >= 0.3 is 0 Å². The second-order valence-corrected chi connectivity index (χ2v) is 2.95. The van der Waals surface area contributed by atoms with Crippen molar-refractivity contribution in [2.24, 2.45) is 0 Å². The molecule has 1 rings (SSSR count). The van der Waals surface area contributed by atoms with Crippen molar-refractivity contribution in [3.05, 3.63) is 0 Å². The summed E-state index contributed by atoms with van der Waals surface area (Å²) in [7, 11) is 0. The van der Waals surface area contributed by atoms with Crippen LogP contribution in [0.3, 0.4) is 0 Å². The molecule has 1 saturated heterocycles. The molecule has 0 aromatic heterocycles. The van der Waals surface area contributed by atoms with Crippen molar-refractivity contribution in [2.45, 2.75) is 31.9 Å². The highest BCUT2D eigenvalue weighted by Crippen LogP contribution is 2.16. The van der Waals surface area contributed by atoms with Crippen molar-refractivity contribution in [3.63, 3.8) is 0 Å². The van der Waals surface area contributed by atoms with E-state index < -0.39 is 5.60 Å². The van der Waals surface area contributed by atoms with Gasteiger partial charge in [0.15, 0.2) is 0 Å². The number of hydrogen-bond donors (Lipinski definition) is 2. The molecule has 0 aromatic carbocycles. The third-order valence-corrected chi connectivity index (χ3v) is 1.68. The lowest BCUT2D eigenvalue weighted by Gasteiger charge is -2.37. The fraction of sp³-hybridized carbons (Fsp3) is 1.00. The average molecular weight is 115 g/mol. The summed E-state index contributed by atoms with van der Waals surface area (Å²) in [5, 5.41) is 12.4. The lowest BCUT2D eigenvalue weighted by Crippen LogP contribution is -2.55. The molecule has 0 spiro atoms. The van der Waals surface area contributed by atoms with Crippen LogP contribution in [0.2, 0.25) is 0 Å². The normalized spacial score (nSPS) is 29.6. The van der Waals surface area contributed by atoms with Gasteiger partial charge in [-0.25, -0.2) is 0 Å². The van der Waals surface area contributed by atoms with Crippen LogP contribution in [-0.2, 0) is 0 Å². The van der Waals surface area contributed by atoms with E-state index in [0.717, 1.165) is 13.0 Å². The molecule has 2 N–H and O–H groups in total. The van der Waals surface area contributed by atoms with Crippen molar-refractivity contribution in [1.82, 2.24) is 5.32 Å². The Morgan fingerprint density at radius 2 is 2.12 bits per heavy atom. The molecule has 0 bridgehead atoms. The van der Waals surface area contributed by atoms with Crippen molar-refractivity contribution in [3.8, 4) is 0 Å². The molecule has 1 heterocycles. The van der Waals surface area contributed by atoms with Gasteiger partial charge in [-0.05, 0) is 26.8 Å². The standard InChI is InChI=1S/C6H13NO/c1-6(2,8)5-3-4-7-5/h5,7-8H,3-4H2,1-2H3/t5-/m1/s1. The highest BCUT2D eigenvalue weighted by molar-refractivity contribution is 4.90. The first-order chi connectivity index (χ1) is 3.61. The molecular formula is C6H13NO. The fourth-order valence-corrected chi connectivity index (χ4v) is 0.892. The summed E-state index contributed by atoms with van der Waals surface area (Å²) in [6.45, 7) is 4.74. The van der Waals surface area contributed by atoms with Gasteiger partial charge in [-0.3, -0.25) is 0 Å². The Labute approximate surface area is 49.9 Å². The van der Waals surface area contributed by atoms with Crippen molar-refractivity contribution < 1.29 is 5.11 Å². The summed E-state index contributed by atoms with van der Waals surface area (Å²) in [4.78, 5) is 0. The first-order valence-electron chi connectivity index (χ1n) is 3.06.